The lowest BCUT2D eigenvalue weighted by Crippen LogP contribution is -2.16. The van der Waals surface area contributed by atoms with Gasteiger partial charge in [-0.05, 0) is 13.3 Å². The Labute approximate surface area is 113 Å². The van der Waals surface area contributed by atoms with Crippen molar-refractivity contribution in [2.24, 2.45) is 0 Å². The zero-order valence-corrected chi connectivity index (χ0v) is 11.4. The number of aliphatic hydroxyl groups excluding tert-OH is 2. The molecule has 0 aromatic carbocycles. The van der Waals surface area contributed by atoms with Gasteiger partial charge in [0.15, 0.2) is 0 Å². The molecule has 0 saturated carbocycles. The largest absolute Gasteiger partial charge is 0.460 e. The lowest BCUT2D eigenvalue weighted by Gasteiger charge is -2.05. The van der Waals surface area contributed by atoms with E-state index in [0.29, 0.717) is 6.42 Å². The smallest absolute Gasteiger partial charge is 0.330 e. The van der Waals surface area contributed by atoms with E-state index >= 15 is 0 Å². The first-order valence-corrected chi connectivity index (χ1v) is 5.81. The van der Waals surface area contributed by atoms with Gasteiger partial charge in [-0.25, -0.2) is 9.59 Å². The molecule has 2 N–H and O–H groups in total. The van der Waals surface area contributed by atoms with Crippen LogP contribution in [0, 0.1) is 0 Å². The van der Waals surface area contributed by atoms with Gasteiger partial charge in [-0.1, -0.05) is 20.1 Å². The molecule has 0 amide bonds. The second-order valence-electron chi connectivity index (χ2n) is 3.58. The Hall–Kier alpha value is -1.66. The van der Waals surface area contributed by atoms with Crippen LogP contribution in [0.5, 0.6) is 0 Å². The molecule has 0 saturated heterocycles. The van der Waals surface area contributed by atoms with Crippen LogP contribution >= 0.6 is 0 Å². The summed E-state index contributed by atoms with van der Waals surface area (Å²) in [5.41, 5.74) is 0. The van der Waals surface area contributed by atoms with Crippen molar-refractivity contribution in [3.05, 3.63) is 25.3 Å². The second-order valence-corrected chi connectivity index (χ2v) is 3.58. The molecule has 0 aliphatic heterocycles. The molecule has 19 heavy (non-hydrogen) atoms. The van der Waals surface area contributed by atoms with Crippen molar-refractivity contribution >= 4 is 11.9 Å². The Bertz CT molecular complexity index is 285. The molecule has 0 spiro atoms. The average molecular weight is 274 g/mol. The van der Waals surface area contributed by atoms with Gasteiger partial charge in [0.05, 0.1) is 12.2 Å². The van der Waals surface area contributed by atoms with Crippen LogP contribution in [-0.4, -0.2) is 47.6 Å². The molecule has 0 heterocycles. The van der Waals surface area contributed by atoms with Crippen molar-refractivity contribution in [2.75, 3.05) is 13.2 Å². The van der Waals surface area contributed by atoms with Crippen LogP contribution in [-0.2, 0) is 19.1 Å². The number of rotatable bonds is 7. The number of hydrogen-bond acceptors (Lipinski definition) is 6. The normalized spacial score (nSPS) is 12.2. The van der Waals surface area contributed by atoms with Crippen LogP contribution in [0.3, 0.4) is 0 Å². The minimum atomic E-state index is -0.603. The predicted molar refractivity (Wildman–Crippen MR) is 70.3 cm³/mol. The topological polar surface area (TPSA) is 93.1 Å². The minimum Gasteiger partial charge on any atom is -0.460 e. The Morgan fingerprint density at radius 3 is 1.84 bits per heavy atom. The highest BCUT2D eigenvalue weighted by Gasteiger charge is 2.02. The maximum absolute atomic E-state index is 10.4. The minimum absolute atomic E-state index is 0.0326. The van der Waals surface area contributed by atoms with Crippen molar-refractivity contribution < 1.29 is 29.3 Å². The van der Waals surface area contributed by atoms with E-state index in [-0.39, 0.29) is 13.2 Å². The van der Waals surface area contributed by atoms with Gasteiger partial charge in [0.2, 0.25) is 0 Å². The van der Waals surface area contributed by atoms with Gasteiger partial charge < -0.3 is 19.7 Å². The van der Waals surface area contributed by atoms with E-state index in [2.05, 4.69) is 22.6 Å². The summed E-state index contributed by atoms with van der Waals surface area (Å²) in [6.45, 7) is 9.83. The molecular formula is C13H22O6. The van der Waals surface area contributed by atoms with E-state index in [1.807, 2.05) is 6.92 Å². The fourth-order valence-corrected chi connectivity index (χ4v) is 0.617. The van der Waals surface area contributed by atoms with Crippen molar-refractivity contribution in [3.8, 4) is 0 Å². The van der Waals surface area contributed by atoms with Crippen molar-refractivity contribution in [1.82, 2.24) is 0 Å². The molecular weight excluding hydrogens is 252 g/mol. The van der Waals surface area contributed by atoms with Crippen molar-refractivity contribution in [3.63, 3.8) is 0 Å². The fraction of sp³-hybridized carbons (Fsp3) is 0.538. The molecule has 0 aromatic heterocycles. The van der Waals surface area contributed by atoms with Gasteiger partial charge in [0, 0.05) is 12.2 Å². The molecule has 6 nitrogen and oxygen atoms in total. The highest BCUT2D eigenvalue weighted by molar-refractivity contribution is 5.81. The highest BCUT2D eigenvalue weighted by Crippen LogP contribution is 1.91. The van der Waals surface area contributed by atoms with Crippen LogP contribution in [0.2, 0.25) is 0 Å². The summed E-state index contributed by atoms with van der Waals surface area (Å²) in [5.74, 6) is -0.997. The third-order valence-electron chi connectivity index (χ3n) is 1.69. The number of ether oxygens (including phenoxy) is 2. The molecule has 0 bridgehead atoms. The Balaban J connectivity index is 0. The monoisotopic (exact) mass is 274 g/mol. The summed E-state index contributed by atoms with van der Waals surface area (Å²) in [6, 6.07) is 0. The van der Waals surface area contributed by atoms with Crippen LogP contribution in [0.1, 0.15) is 20.3 Å². The Morgan fingerprint density at radius 2 is 1.53 bits per heavy atom. The van der Waals surface area contributed by atoms with Gasteiger partial charge in [-0.3, -0.25) is 0 Å². The number of esters is 2. The van der Waals surface area contributed by atoms with Crippen LogP contribution in [0.25, 0.3) is 0 Å². The number of hydrogen-bond donors (Lipinski definition) is 2. The van der Waals surface area contributed by atoms with Gasteiger partial charge in [0.25, 0.3) is 0 Å². The zero-order chi connectivity index (χ0) is 15.3. The predicted octanol–water partition coefficient (Wildman–Crippen LogP) is 0.583. The van der Waals surface area contributed by atoms with Gasteiger partial charge in [-0.15, -0.1) is 0 Å². The maximum Gasteiger partial charge on any atom is 0.330 e. The molecule has 0 fully saturated rings. The van der Waals surface area contributed by atoms with Crippen LogP contribution in [0.15, 0.2) is 25.3 Å². The fourth-order valence-electron chi connectivity index (χ4n) is 0.617. The zero-order valence-electron chi connectivity index (χ0n) is 11.4. The molecule has 6 heteroatoms. The van der Waals surface area contributed by atoms with Crippen molar-refractivity contribution in [1.29, 1.82) is 0 Å². The molecule has 2 atom stereocenters. The van der Waals surface area contributed by atoms with E-state index in [9.17, 15) is 9.59 Å². The lowest BCUT2D eigenvalue weighted by atomic mass is 10.3. The van der Waals surface area contributed by atoms with E-state index < -0.39 is 24.1 Å². The van der Waals surface area contributed by atoms with E-state index in [0.717, 1.165) is 12.2 Å². The Morgan fingerprint density at radius 1 is 1.11 bits per heavy atom. The quantitative estimate of drug-likeness (QED) is 0.521. The summed E-state index contributed by atoms with van der Waals surface area (Å²) in [6.07, 6.45) is 1.56. The summed E-state index contributed by atoms with van der Waals surface area (Å²) in [5, 5.41) is 17.5. The van der Waals surface area contributed by atoms with Gasteiger partial charge in [0.1, 0.15) is 13.2 Å². The third kappa shape index (κ3) is 16.3. The van der Waals surface area contributed by atoms with Crippen molar-refractivity contribution in [2.45, 2.75) is 32.5 Å². The second kappa shape index (κ2) is 12.8. The summed E-state index contributed by atoms with van der Waals surface area (Å²) < 4.78 is 8.98. The summed E-state index contributed by atoms with van der Waals surface area (Å²) >= 11 is 0. The molecule has 0 rings (SSSR count). The molecule has 0 aromatic rings. The molecule has 0 radical (unpaired) electrons. The first-order chi connectivity index (χ1) is 8.87. The summed E-state index contributed by atoms with van der Waals surface area (Å²) in [7, 11) is 0. The number of carbonyl (C=O) groups is 2. The standard InChI is InChI=1S/C7H12O3.C6H10O3/c1-3-6(8)5-10-7(9)4-2;1-3-6(8)9-4-5(2)7/h4,6,8H,2-3,5H2,1H3;3,5,7H,1,4H2,2H3. The third-order valence-corrected chi connectivity index (χ3v) is 1.69. The Kier molecular flexibility index (Phi) is 13.2. The maximum atomic E-state index is 10.4. The molecule has 110 valence electrons. The van der Waals surface area contributed by atoms with E-state index in [4.69, 9.17) is 10.2 Å². The molecule has 0 aliphatic carbocycles. The van der Waals surface area contributed by atoms with Crippen LogP contribution < -0.4 is 0 Å². The highest BCUT2D eigenvalue weighted by atomic mass is 16.5. The lowest BCUT2D eigenvalue weighted by molar-refractivity contribution is -0.141. The van der Waals surface area contributed by atoms with E-state index in [1.165, 1.54) is 6.92 Å². The first kappa shape index (κ1) is 19.7. The number of carbonyl (C=O) groups excluding carboxylic acids is 2. The van der Waals surface area contributed by atoms with Crippen LogP contribution in [0.4, 0.5) is 0 Å². The first-order valence-electron chi connectivity index (χ1n) is 5.81. The van der Waals surface area contributed by atoms with Gasteiger partial charge in [-0.2, -0.15) is 0 Å². The van der Waals surface area contributed by atoms with Gasteiger partial charge >= 0.3 is 11.9 Å². The average Bonchev–Trinajstić information content (AvgIpc) is 2.41. The molecule has 2 unspecified atom stereocenters. The number of aliphatic hydroxyl groups is 2. The SMILES string of the molecule is C=CC(=O)OCC(C)O.C=CC(=O)OCC(O)CC. The molecule has 0 aliphatic rings. The van der Waals surface area contributed by atoms with E-state index in [1.54, 1.807) is 0 Å². The summed E-state index contributed by atoms with van der Waals surface area (Å²) in [4.78, 5) is 20.6.